The van der Waals surface area contributed by atoms with Crippen LogP contribution in [0.15, 0.2) is 66.7 Å². The van der Waals surface area contributed by atoms with E-state index < -0.39 is 29.8 Å². The summed E-state index contributed by atoms with van der Waals surface area (Å²) in [6, 6.07) is 16.9. The minimum absolute atomic E-state index is 0.0137. The lowest BCUT2D eigenvalue weighted by atomic mass is 10.0. The van der Waals surface area contributed by atoms with Crippen molar-refractivity contribution >= 4 is 23.6 Å². The molecule has 0 saturated carbocycles. The van der Waals surface area contributed by atoms with Gasteiger partial charge in [-0.2, -0.15) is 0 Å². The Morgan fingerprint density at radius 2 is 1.78 bits per heavy atom. The molecule has 0 bridgehead atoms. The van der Waals surface area contributed by atoms with Gasteiger partial charge in [-0.1, -0.05) is 36.4 Å². The van der Waals surface area contributed by atoms with Gasteiger partial charge in [-0.15, -0.1) is 0 Å². The van der Waals surface area contributed by atoms with E-state index in [9.17, 15) is 24.3 Å². The van der Waals surface area contributed by atoms with Crippen LogP contribution in [0.1, 0.15) is 39.9 Å². The van der Waals surface area contributed by atoms with E-state index in [1.807, 2.05) is 32.0 Å². The highest BCUT2D eigenvalue weighted by Gasteiger charge is 2.28. The highest BCUT2D eigenvalue weighted by Crippen LogP contribution is 2.21. The fourth-order valence-corrected chi connectivity index (χ4v) is 4.90. The standard InChI is InChI=1S/C34H40N4O7/c1-22-7-6-10-29(23(22)2)44-19-17-35-33(42)27-15-16-31(40)36-28(21-24-11-13-25(39)14-12-24)34(43)38(3)18-20-45-30-9-5-4-8-26(30)32(41)37-27/h4-14,27-28,39H,15-21H2,1-3H3,(H,35,42)(H,36,40)(H,37,41)/t27-,28-/m0/s1. The molecule has 0 aliphatic carbocycles. The molecule has 4 rings (SSSR count). The quantitative estimate of drug-likeness (QED) is 0.299. The maximum Gasteiger partial charge on any atom is 0.255 e. The second-order valence-corrected chi connectivity index (χ2v) is 11.0. The number of para-hydroxylation sites is 1. The van der Waals surface area contributed by atoms with Crippen molar-refractivity contribution in [1.82, 2.24) is 20.9 Å². The highest BCUT2D eigenvalue weighted by atomic mass is 16.5. The first-order valence-electron chi connectivity index (χ1n) is 14.9. The van der Waals surface area contributed by atoms with Gasteiger partial charge in [-0.25, -0.2) is 0 Å². The van der Waals surface area contributed by atoms with Crippen LogP contribution in [0.2, 0.25) is 0 Å². The Bertz CT molecular complexity index is 1510. The van der Waals surface area contributed by atoms with Crippen molar-refractivity contribution in [3.05, 3.63) is 89.0 Å². The van der Waals surface area contributed by atoms with Crippen LogP contribution >= 0.6 is 0 Å². The molecule has 238 valence electrons. The molecular weight excluding hydrogens is 576 g/mol. The third-order valence-electron chi connectivity index (χ3n) is 7.70. The zero-order chi connectivity index (χ0) is 32.3. The van der Waals surface area contributed by atoms with Crippen LogP contribution in [0.5, 0.6) is 17.2 Å². The number of fused-ring (bicyclic) bond motifs is 1. The average molecular weight is 617 g/mol. The summed E-state index contributed by atoms with van der Waals surface area (Å²) in [5.41, 5.74) is 3.08. The van der Waals surface area contributed by atoms with Crippen LogP contribution in [-0.4, -0.2) is 79.1 Å². The van der Waals surface area contributed by atoms with Gasteiger partial charge < -0.3 is 35.4 Å². The van der Waals surface area contributed by atoms with Crippen LogP contribution in [0.25, 0.3) is 0 Å². The molecule has 3 aromatic rings. The zero-order valence-electron chi connectivity index (χ0n) is 25.8. The number of aromatic hydroxyl groups is 1. The number of carbonyl (C=O) groups is 4. The number of benzene rings is 3. The lowest BCUT2D eigenvalue weighted by Crippen LogP contribution is -2.50. The van der Waals surface area contributed by atoms with Gasteiger partial charge in [0, 0.05) is 19.9 Å². The number of nitrogens with zero attached hydrogens (tertiary/aromatic N) is 1. The minimum atomic E-state index is -1.05. The Balaban J connectivity index is 1.50. The number of hydrogen-bond acceptors (Lipinski definition) is 7. The van der Waals surface area contributed by atoms with Crippen LogP contribution < -0.4 is 25.4 Å². The first kappa shape index (κ1) is 32.8. The van der Waals surface area contributed by atoms with Gasteiger partial charge in [0.1, 0.15) is 42.5 Å². The first-order valence-corrected chi connectivity index (χ1v) is 14.9. The van der Waals surface area contributed by atoms with Crippen molar-refractivity contribution in [2.75, 3.05) is 33.4 Å². The van der Waals surface area contributed by atoms with E-state index in [0.29, 0.717) is 5.75 Å². The lowest BCUT2D eigenvalue weighted by molar-refractivity contribution is -0.135. The summed E-state index contributed by atoms with van der Waals surface area (Å²) in [7, 11) is 1.61. The number of phenolic OH excluding ortho intramolecular Hbond substituents is 1. The highest BCUT2D eigenvalue weighted by molar-refractivity contribution is 5.99. The van der Waals surface area contributed by atoms with Crippen molar-refractivity contribution in [1.29, 1.82) is 0 Å². The second kappa shape index (κ2) is 15.6. The third-order valence-corrected chi connectivity index (χ3v) is 7.70. The molecule has 11 heteroatoms. The van der Waals surface area contributed by atoms with E-state index in [1.54, 1.807) is 43.4 Å². The maximum absolute atomic E-state index is 13.4. The van der Waals surface area contributed by atoms with E-state index in [2.05, 4.69) is 16.0 Å². The fourth-order valence-electron chi connectivity index (χ4n) is 4.90. The Morgan fingerprint density at radius 1 is 1.02 bits per heavy atom. The number of amides is 4. The summed E-state index contributed by atoms with van der Waals surface area (Å²) in [6.45, 7) is 4.64. The summed E-state index contributed by atoms with van der Waals surface area (Å²) in [5, 5.41) is 18.0. The predicted molar refractivity (Wildman–Crippen MR) is 168 cm³/mol. The van der Waals surface area contributed by atoms with Gasteiger partial charge >= 0.3 is 0 Å². The number of hydrogen-bond donors (Lipinski definition) is 4. The molecule has 0 spiro atoms. The fraction of sp³-hybridized carbons (Fsp3) is 0.353. The SMILES string of the molecule is Cc1cccc(OCCNC(=O)[C@@H]2CCC(=O)N[C@@H](Cc3ccc(O)cc3)C(=O)N(C)CCOc3ccccc3C(=O)N2)c1C. The molecule has 1 aliphatic heterocycles. The Kier molecular flexibility index (Phi) is 11.4. The summed E-state index contributed by atoms with van der Waals surface area (Å²) in [4.78, 5) is 54.7. The minimum Gasteiger partial charge on any atom is -0.508 e. The summed E-state index contributed by atoms with van der Waals surface area (Å²) < 4.78 is 11.7. The van der Waals surface area contributed by atoms with Crippen LogP contribution in [0, 0.1) is 13.8 Å². The van der Waals surface area contributed by atoms with Crippen molar-refractivity contribution in [2.45, 2.75) is 45.2 Å². The van der Waals surface area contributed by atoms with E-state index in [0.717, 1.165) is 22.4 Å². The number of phenols is 1. The van der Waals surface area contributed by atoms with Crippen molar-refractivity contribution < 1.29 is 33.8 Å². The van der Waals surface area contributed by atoms with Gasteiger partial charge in [0.2, 0.25) is 17.7 Å². The van der Waals surface area contributed by atoms with Crippen molar-refractivity contribution in [3.63, 3.8) is 0 Å². The van der Waals surface area contributed by atoms with Gasteiger partial charge in [-0.05, 0) is 67.3 Å². The number of nitrogens with one attached hydrogen (secondary N) is 3. The Hall–Kier alpha value is -5.06. The van der Waals surface area contributed by atoms with Crippen molar-refractivity contribution in [2.24, 2.45) is 0 Å². The number of likely N-dealkylation sites (N-methyl/N-ethyl adjacent to an activating group) is 1. The van der Waals surface area contributed by atoms with E-state index in [4.69, 9.17) is 9.47 Å². The molecule has 2 atom stereocenters. The summed E-state index contributed by atoms with van der Waals surface area (Å²) >= 11 is 0. The largest absolute Gasteiger partial charge is 0.508 e. The molecule has 0 radical (unpaired) electrons. The smallest absolute Gasteiger partial charge is 0.255 e. The molecule has 1 heterocycles. The zero-order valence-corrected chi connectivity index (χ0v) is 25.8. The Morgan fingerprint density at radius 3 is 2.56 bits per heavy atom. The van der Waals surface area contributed by atoms with Crippen molar-refractivity contribution in [3.8, 4) is 17.2 Å². The Labute approximate surface area is 262 Å². The molecule has 4 N–H and O–H groups in total. The molecule has 0 saturated heterocycles. The first-order chi connectivity index (χ1) is 21.6. The molecule has 0 unspecified atom stereocenters. The van der Waals surface area contributed by atoms with Gasteiger partial charge in [0.25, 0.3) is 5.91 Å². The van der Waals surface area contributed by atoms with E-state index in [1.165, 1.54) is 17.0 Å². The van der Waals surface area contributed by atoms with E-state index >= 15 is 0 Å². The molecule has 4 amide bonds. The molecule has 45 heavy (non-hydrogen) atoms. The maximum atomic E-state index is 13.4. The topological polar surface area (TPSA) is 146 Å². The van der Waals surface area contributed by atoms with Crippen LogP contribution in [0.4, 0.5) is 0 Å². The molecule has 3 aromatic carbocycles. The second-order valence-electron chi connectivity index (χ2n) is 11.0. The molecular formula is C34H40N4O7. The normalized spacial score (nSPS) is 17.9. The summed E-state index contributed by atoms with van der Waals surface area (Å²) in [6.07, 6.45) is 0.0543. The molecule has 1 aliphatic rings. The third kappa shape index (κ3) is 9.21. The summed E-state index contributed by atoms with van der Waals surface area (Å²) in [5.74, 6) is -0.646. The molecule has 11 nitrogen and oxygen atoms in total. The number of aryl methyl sites for hydroxylation is 1. The van der Waals surface area contributed by atoms with Gasteiger partial charge in [0.15, 0.2) is 0 Å². The predicted octanol–water partition coefficient (Wildman–Crippen LogP) is 2.66. The number of rotatable bonds is 7. The number of carbonyl (C=O) groups excluding carboxylic acids is 4. The van der Waals surface area contributed by atoms with Gasteiger partial charge in [-0.3, -0.25) is 19.2 Å². The van der Waals surface area contributed by atoms with Gasteiger partial charge in [0.05, 0.1) is 18.7 Å². The monoisotopic (exact) mass is 616 g/mol. The lowest BCUT2D eigenvalue weighted by Gasteiger charge is -2.25. The molecule has 0 fully saturated rings. The number of ether oxygens (including phenoxy) is 2. The van der Waals surface area contributed by atoms with Crippen LogP contribution in [0.3, 0.4) is 0 Å². The molecule has 0 aromatic heterocycles. The van der Waals surface area contributed by atoms with Crippen LogP contribution in [-0.2, 0) is 20.8 Å². The average Bonchev–Trinajstić information content (AvgIpc) is 3.03. The van der Waals surface area contributed by atoms with E-state index in [-0.39, 0.29) is 62.8 Å².